The second-order valence-electron chi connectivity index (χ2n) is 7.67. The summed E-state index contributed by atoms with van der Waals surface area (Å²) in [5.41, 5.74) is -0.815. The lowest BCUT2D eigenvalue weighted by Crippen LogP contribution is -2.51. The molecule has 1 aromatic carbocycles. The zero-order valence-electron chi connectivity index (χ0n) is 15.7. The molecular formula is C20H22F3N3O2. The minimum atomic E-state index is -4.57. The summed E-state index contributed by atoms with van der Waals surface area (Å²) in [6.45, 7) is 5.62. The van der Waals surface area contributed by atoms with Crippen LogP contribution in [0.25, 0.3) is 21.8 Å². The van der Waals surface area contributed by atoms with Gasteiger partial charge in [-0.1, -0.05) is 0 Å². The Balaban J connectivity index is 1.86. The van der Waals surface area contributed by atoms with E-state index in [9.17, 15) is 18.3 Å². The van der Waals surface area contributed by atoms with Crippen molar-refractivity contribution in [3.05, 3.63) is 36.2 Å². The number of phenols is 1. The van der Waals surface area contributed by atoms with E-state index >= 15 is 0 Å². The van der Waals surface area contributed by atoms with Crippen LogP contribution in [0.15, 0.2) is 30.5 Å². The molecule has 2 unspecified atom stereocenters. The fourth-order valence-electron chi connectivity index (χ4n) is 4.08. The molecule has 5 nitrogen and oxygen atoms in total. The number of morpholine rings is 1. The van der Waals surface area contributed by atoms with Gasteiger partial charge in [0.15, 0.2) is 5.69 Å². The minimum absolute atomic E-state index is 0.00786. The normalized spacial score (nSPS) is 23.5. The van der Waals surface area contributed by atoms with E-state index in [0.717, 1.165) is 6.54 Å². The summed E-state index contributed by atoms with van der Waals surface area (Å²) < 4.78 is 48.7. The van der Waals surface area contributed by atoms with Crippen LogP contribution in [0.4, 0.5) is 13.2 Å². The molecule has 3 heterocycles. The van der Waals surface area contributed by atoms with Crippen LogP contribution < -0.4 is 5.32 Å². The monoisotopic (exact) mass is 393 g/mol. The molecule has 0 saturated carbocycles. The van der Waals surface area contributed by atoms with Crippen molar-refractivity contribution in [1.29, 1.82) is 0 Å². The van der Waals surface area contributed by atoms with Gasteiger partial charge >= 0.3 is 6.18 Å². The Morgan fingerprint density at radius 2 is 2.11 bits per heavy atom. The van der Waals surface area contributed by atoms with Gasteiger partial charge in [-0.2, -0.15) is 13.2 Å². The average molecular weight is 393 g/mol. The molecule has 8 heteroatoms. The van der Waals surface area contributed by atoms with Crippen LogP contribution in [0.2, 0.25) is 0 Å². The number of alkyl halides is 3. The number of pyridine rings is 1. The maximum absolute atomic E-state index is 13.7. The highest BCUT2D eigenvalue weighted by Crippen LogP contribution is 2.39. The van der Waals surface area contributed by atoms with Gasteiger partial charge in [0.05, 0.1) is 22.7 Å². The van der Waals surface area contributed by atoms with E-state index in [1.165, 1.54) is 18.3 Å². The van der Waals surface area contributed by atoms with Crippen LogP contribution >= 0.6 is 0 Å². The fraction of sp³-hybridized carbons (Fsp3) is 0.450. The summed E-state index contributed by atoms with van der Waals surface area (Å²) in [5, 5.41) is 14.4. The second kappa shape index (κ2) is 6.63. The van der Waals surface area contributed by atoms with Gasteiger partial charge in [0.25, 0.3) is 0 Å². The number of fused-ring (bicyclic) bond motifs is 3. The SMILES string of the molecule is CC1CNCC(C)(CCn2c3cc(O)ccc3c3ccnc(C(F)(F)F)c32)O1. The summed E-state index contributed by atoms with van der Waals surface area (Å²) in [7, 11) is 0. The van der Waals surface area contributed by atoms with Gasteiger partial charge < -0.3 is 19.7 Å². The van der Waals surface area contributed by atoms with E-state index in [1.807, 2.05) is 13.8 Å². The lowest BCUT2D eigenvalue weighted by atomic mass is 9.99. The van der Waals surface area contributed by atoms with Crippen molar-refractivity contribution in [2.24, 2.45) is 0 Å². The van der Waals surface area contributed by atoms with Gasteiger partial charge in [0.1, 0.15) is 5.75 Å². The van der Waals surface area contributed by atoms with Gasteiger partial charge in [-0.25, -0.2) is 4.98 Å². The molecule has 0 amide bonds. The van der Waals surface area contributed by atoms with Crippen molar-refractivity contribution in [2.75, 3.05) is 13.1 Å². The highest BCUT2D eigenvalue weighted by molar-refractivity contribution is 6.09. The standard InChI is InChI=1S/C20H22F3N3O2/c1-12-10-24-11-19(2,28-12)6-8-26-16-9-13(27)3-4-14(16)15-5-7-25-18(17(15)26)20(21,22)23/h3-5,7,9,12,24,27H,6,8,10-11H2,1-2H3. The Bertz CT molecular complexity index is 1030. The summed E-state index contributed by atoms with van der Waals surface area (Å²) in [6, 6.07) is 6.21. The van der Waals surface area contributed by atoms with Crippen molar-refractivity contribution in [1.82, 2.24) is 14.9 Å². The van der Waals surface area contributed by atoms with Crippen LogP contribution in [-0.4, -0.2) is 39.5 Å². The van der Waals surface area contributed by atoms with E-state index < -0.39 is 17.5 Å². The zero-order valence-corrected chi connectivity index (χ0v) is 15.7. The predicted octanol–water partition coefficient (Wildman–Crippen LogP) is 4.07. The Labute approximate surface area is 160 Å². The highest BCUT2D eigenvalue weighted by Gasteiger charge is 2.37. The molecule has 2 N–H and O–H groups in total. The van der Waals surface area contributed by atoms with E-state index in [4.69, 9.17) is 4.74 Å². The van der Waals surface area contributed by atoms with Crippen LogP contribution in [0.3, 0.4) is 0 Å². The van der Waals surface area contributed by atoms with Gasteiger partial charge in [-0.15, -0.1) is 0 Å². The third-order valence-corrected chi connectivity index (χ3v) is 5.31. The van der Waals surface area contributed by atoms with E-state index in [0.29, 0.717) is 35.8 Å². The van der Waals surface area contributed by atoms with Crippen LogP contribution in [0, 0.1) is 0 Å². The molecule has 0 spiro atoms. The van der Waals surface area contributed by atoms with Crippen molar-refractivity contribution in [3.8, 4) is 5.75 Å². The van der Waals surface area contributed by atoms with Crippen molar-refractivity contribution < 1.29 is 23.0 Å². The molecule has 2 aromatic heterocycles. The van der Waals surface area contributed by atoms with Crippen molar-refractivity contribution in [3.63, 3.8) is 0 Å². The predicted molar refractivity (Wildman–Crippen MR) is 100 cm³/mol. The number of hydrogen-bond donors (Lipinski definition) is 2. The number of nitrogens with one attached hydrogen (secondary N) is 1. The zero-order chi connectivity index (χ0) is 20.1. The maximum atomic E-state index is 13.7. The Kier molecular flexibility index (Phi) is 4.50. The molecule has 1 aliphatic rings. The Morgan fingerprint density at radius 1 is 1.32 bits per heavy atom. The Hall–Kier alpha value is -2.32. The molecule has 1 fully saturated rings. The molecule has 0 bridgehead atoms. The van der Waals surface area contributed by atoms with E-state index in [2.05, 4.69) is 10.3 Å². The number of rotatable bonds is 3. The number of nitrogens with zero attached hydrogens (tertiary/aromatic N) is 2. The topological polar surface area (TPSA) is 59.3 Å². The molecule has 3 aromatic rings. The first-order valence-corrected chi connectivity index (χ1v) is 9.24. The molecule has 28 heavy (non-hydrogen) atoms. The fourth-order valence-corrected chi connectivity index (χ4v) is 4.08. The lowest BCUT2D eigenvalue weighted by Gasteiger charge is -2.38. The highest BCUT2D eigenvalue weighted by atomic mass is 19.4. The number of aromatic hydroxyl groups is 1. The van der Waals surface area contributed by atoms with Crippen LogP contribution in [0.5, 0.6) is 5.75 Å². The molecule has 150 valence electrons. The number of hydrogen-bond acceptors (Lipinski definition) is 4. The maximum Gasteiger partial charge on any atom is 0.435 e. The first kappa shape index (κ1) is 19.0. The summed E-state index contributed by atoms with van der Waals surface area (Å²) >= 11 is 0. The number of aryl methyl sites for hydroxylation is 1. The molecule has 0 radical (unpaired) electrons. The number of ether oxygens (including phenoxy) is 1. The molecular weight excluding hydrogens is 371 g/mol. The molecule has 4 rings (SSSR count). The summed E-state index contributed by atoms with van der Waals surface area (Å²) in [6.07, 6.45) is -2.84. The van der Waals surface area contributed by atoms with Gasteiger partial charge in [0.2, 0.25) is 0 Å². The average Bonchev–Trinajstić information content (AvgIpc) is 2.91. The van der Waals surface area contributed by atoms with E-state index in [-0.39, 0.29) is 17.4 Å². The van der Waals surface area contributed by atoms with E-state index in [1.54, 1.807) is 16.7 Å². The number of aromatic nitrogens is 2. The largest absolute Gasteiger partial charge is 0.508 e. The lowest BCUT2D eigenvalue weighted by molar-refractivity contribution is -0.140. The summed E-state index contributed by atoms with van der Waals surface area (Å²) in [4.78, 5) is 3.63. The number of benzene rings is 1. The molecule has 1 saturated heterocycles. The van der Waals surface area contributed by atoms with Crippen LogP contribution in [-0.2, 0) is 17.5 Å². The Morgan fingerprint density at radius 3 is 2.82 bits per heavy atom. The third kappa shape index (κ3) is 3.31. The van der Waals surface area contributed by atoms with Crippen molar-refractivity contribution >= 4 is 21.8 Å². The second-order valence-corrected chi connectivity index (χ2v) is 7.67. The third-order valence-electron chi connectivity index (χ3n) is 5.31. The quantitative estimate of drug-likeness (QED) is 0.704. The van der Waals surface area contributed by atoms with Gasteiger partial charge in [0, 0.05) is 42.7 Å². The first-order chi connectivity index (χ1) is 13.2. The summed E-state index contributed by atoms with van der Waals surface area (Å²) in [5.74, 6) is 0.00786. The number of phenolic OH excluding ortho intramolecular Hbond substituents is 1. The number of halogens is 3. The van der Waals surface area contributed by atoms with Gasteiger partial charge in [-0.3, -0.25) is 0 Å². The molecule has 1 aliphatic heterocycles. The molecule has 0 aliphatic carbocycles. The smallest absolute Gasteiger partial charge is 0.435 e. The first-order valence-electron chi connectivity index (χ1n) is 9.24. The molecule has 2 atom stereocenters. The van der Waals surface area contributed by atoms with Gasteiger partial charge in [-0.05, 0) is 38.5 Å². The minimum Gasteiger partial charge on any atom is -0.508 e. The van der Waals surface area contributed by atoms with Crippen LogP contribution in [0.1, 0.15) is 26.0 Å². The van der Waals surface area contributed by atoms with Crippen molar-refractivity contribution in [2.45, 2.75) is 44.7 Å².